The lowest BCUT2D eigenvalue weighted by Gasteiger charge is -2.24. The van der Waals surface area contributed by atoms with Crippen LogP contribution in [0.3, 0.4) is 0 Å². The van der Waals surface area contributed by atoms with E-state index in [0.717, 1.165) is 33.1 Å². The molecule has 1 N–H and O–H groups in total. The third kappa shape index (κ3) is 4.60. The average molecular weight is 487 g/mol. The van der Waals surface area contributed by atoms with Crippen molar-refractivity contribution in [2.75, 3.05) is 19.7 Å². The SMILES string of the molecule is O=C(NCCN1C(=O)S/C(=C\c2cccc(Br)c2)C1=O)C1COc2ccccc2C1. The molecule has 3 amide bonds. The first-order chi connectivity index (χ1) is 14.5. The summed E-state index contributed by atoms with van der Waals surface area (Å²) in [4.78, 5) is 38.9. The number of rotatable bonds is 5. The van der Waals surface area contributed by atoms with Crippen LogP contribution in [0.4, 0.5) is 4.79 Å². The minimum atomic E-state index is -0.339. The third-order valence-electron chi connectivity index (χ3n) is 4.90. The first-order valence-electron chi connectivity index (χ1n) is 9.50. The van der Waals surface area contributed by atoms with Crippen LogP contribution in [0.5, 0.6) is 5.75 Å². The van der Waals surface area contributed by atoms with Crippen molar-refractivity contribution < 1.29 is 19.1 Å². The molecule has 2 aliphatic rings. The second-order valence-electron chi connectivity index (χ2n) is 7.00. The van der Waals surface area contributed by atoms with Crippen LogP contribution in [0, 0.1) is 5.92 Å². The molecule has 2 heterocycles. The first kappa shape index (κ1) is 20.7. The van der Waals surface area contributed by atoms with Crippen LogP contribution in [-0.2, 0) is 16.0 Å². The highest BCUT2D eigenvalue weighted by molar-refractivity contribution is 9.10. The van der Waals surface area contributed by atoms with Gasteiger partial charge >= 0.3 is 0 Å². The van der Waals surface area contributed by atoms with Crippen molar-refractivity contribution in [2.45, 2.75) is 6.42 Å². The van der Waals surface area contributed by atoms with Crippen molar-refractivity contribution in [2.24, 2.45) is 5.92 Å². The average Bonchev–Trinajstić information content (AvgIpc) is 3.00. The van der Waals surface area contributed by atoms with E-state index < -0.39 is 0 Å². The van der Waals surface area contributed by atoms with Gasteiger partial charge < -0.3 is 10.1 Å². The van der Waals surface area contributed by atoms with Crippen molar-refractivity contribution in [3.8, 4) is 5.75 Å². The fourth-order valence-corrected chi connectivity index (χ4v) is 4.65. The van der Waals surface area contributed by atoms with Crippen LogP contribution in [0.25, 0.3) is 6.08 Å². The standard InChI is InChI=1S/C22H19BrN2O4S/c23-17-6-3-4-14(10-17)11-19-21(27)25(22(28)30-19)9-8-24-20(26)16-12-15-5-1-2-7-18(15)29-13-16/h1-7,10-11,16H,8-9,12-13H2,(H,24,26)/b19-11-. The lowest BCUT2D eigenvalue weighted by Crippen LogP contribution is -2.42. The van der Waals surface area contributed by atoms with Gasteiger partial charge in [0.1, 0.15) is 12.4 Å². The fraction of sp³-hybridized carbons (Fsp3) is 0.227. The molecule has 1 unspecified atom stereocenters. The maximum absolute atomic E-state index is 12.6. The summed E-state index contributed by atoms with van der Waals surface area (Å²) in [7, 11) is 0. The smallest absolute Gasteiger partial charge is 0.293 e. The van der Waals surface area contributed by atoms with E-state index in [1.807, 2.05) is 48.5 Å². The van der Waals surface area contributed by atoms with E-state index in [1.54, 1.807) is 6.08 Å². The minimum absolute atomic E-state index is 0.135. The van der Waals surface area contributed by atoms with Gasteiger partial charge in [-0.3, -0.25) is 19.3 Å². The molecule has 0 bridgehead atoms. The molecule has 0 spiro atoms. The highest BCUT2D eigenvalue weighted by Crippen LogP contribution is 2.32. The number of imide groups is 1. The van der Waals surface area contributed by atoms with Gasteiger partial charge in [-0.05, 0) is 53.6 Å². The Bertz CT molecular complexity index is 1040. The number of nitrogens with one attached hydrogen (secondary N) is 1. The van der Waals surface area contributed by atoms with Crippen molar-refractivity contribution in [3.05, 3.63) is 69.0 Å². The van der Waals surface area contributed by atoms with Gasteiger partial charge in [-0.25, -0.2) is 0 Å². The third-order valence-corrected chi connectivity index (χ3v) is 6.31. The Balaban J connectivity index is 1.31. The highest BCUT2D eigenvalue weighted by atomic mass is 79.9. The van der Waals surface area contributed by atoms with Crippen LogP contribution >= 0.6 is 27.7 Å². The molecule has 154 valence electrons. The van der Waals surface area contributed by atoms with Crippen molar-refractivity contribution in [1.82, 2.24) is 10.2 Å². The number of thioether (sulfide) groups is 1. The number of ether oxygens (including phenoxy) is 1. The Kier molecular flexibility index (Phi) is 6.24. The van der Waals surface area contributed by atoms with Crippen LogP contribution < -0.4 is 10.1 Å². The van der Waals surface area contributed by atoms with Crippen LogP contribution in [0.15, 0.2) is 57.9 Å². The number of carbonyl (C=O) groups excluding carboxylic acids is 3. The van der Waals surface area contributed by atoms with E-state index in [2.05, 4.69) is 21.2 Å². The number of amides is 3. The molecule has 2 aliphatic heterocycles. The molecular formula is C22H19BrN2O4S. The molecule has 0 saturated carbocycles. The molecule has 30 heavy (non-hydrogen) atoms. The van der Waals surface area contributed by atoms with E-state index in [-0.39, 0.29) is 36.1 Å². The molecule has 0 radical (unpaired) electrons. The minimum Gasteiger partial charge on any atom is -0.492 e. The maximum Gasteiger partial charge on any atom is 0.293 e. The molecule has 2 aromatic rings. The molecule has 2 aromatic carbocycles. The topological polar surface area (TPSA) is 75.7 Å². The van der Waals surface area contributed by atoms with Crippen molar-refractivity contribution >= 4 is 50.8 Å². The summed E-state index contributed by atoms with van der Waals surface area (Å²) >= 11 is 4.30. The van der Waals surface area contributed by atoms with Crippen LogP contribution in [-0.4, -0.2) is 41.6 Å². The Morgan fingerprint density at radius 1 is 1.23 bits per heavy atom. The van der Waals surface area contributed by atoms with Crippen molar-refractivity contribution in [1.29, 1.82) is 0 Å². The fourth-order valence-electron chi connectivity index (χ4n) is 3.37. The van der Waals surface area contributed by atoms with Gasteiger partial charge in [0.2, 0.25) is 5.91 Å². The Morgan fingerprint density at radius 3 is 2.90 bits per heavy atom. The van der Waals surface area contributed by atoms with Gasteiger partial charge in [0.25, 0.3) is 11.1 Å². The number of fused-ring (bicyclic) bond motifs is 1. The van der Waals surface area contributed by atoms with E-state index in [4.69, 9.17) is 4.74 Å². The second kappa shape index (κ2) is 9.06. The number of carbonyl (C=O) groups is 3. The van der Waals surface area contributed by atoms with E-state index in [1.165, 1.54) is 4.90 Å². The molecule has 1 fully saturated rings. The van der Waals surface area contributed by atoms with Gasteiger partial charge in [0.15, 0.2) is 0 Å². The zero-order valence-electron chi connectivity index (χ0n) is 16.0. The molecule has 0 aliphatic carbocycles. The monoisotopic (exact) mass is 486 g/mol. The van der Waals surface area contributed by atoms with Gasteiger partial charge in [0, 0.05) is 17.6 Å². The number of para-hydroxylation sites is 1. The van der Waals surface area contributed by atoms with Crippen LogP contribution in [0.2, 0.25) is 0 Å². The maximum atomic E-state index is 12.6. The summed E-state index contributed by atoms with van der Waals surface area (Å²) in [5.74, 6) is 0.0538. The van der Waals surface area contributed by atoms with E-state index in [0.29, 0.717) is 17.9 Å². The molecule has 4 rings (SSSR count). The Hall–Kier alpha value is -2.58. The Morgan fingerprint density at radius 2 is 2.07 bits per heavy atom. The summed E-state index contributed by atoms with van der Waals surface area (Å²) in [5, 5.41) is 2.49. The summed E-state index contributed by atoms with van der Waals surface area (Å²) in [5.41, 5.74) is 1.84. The lowest BCUT2D eigenvalue weighted by molar-refractivity contribution is -0.127. The van der Waals surface area contributed by atoms with Gasteiger partial charge in [0.05, 0.1) is 10.8 Å². The number of hydrogen-bond donors (Lipinski definition) is 1. The van der Waals surface area contributed by atoms with E-state index in [9.17, 15) is 14.4 Å². The summed E-state index contributed by atoms with van der Waals surface area (Å²) in [6, 6.07) is 15.2. The normalized spacial score (nSPS) is 19.6. The quantitative estimate of drug-likeness (QED) is 0.649. The molecular weight excluding hydrogens is 468 g/mol. The van der Waals surface area contributed by atoms with Gasteiger partial charge in [-0.2, -0.15) is 0 Å². The second-order valence-corrected chi connectivity index (χ2v) is 8.91. The highest BCUT2D eigenvalue weighted by Gasteiger charge is 2.35. The van der Waals surface area contributed by atoms with Gasteiger partial charge in [-0.1, -0.05) is 46.3 Å². The number of benzene rings is 2. The predicted molar refractivity (Wildman–Crippen MR) is 119 cm³/mol. The summed E-state index contributed by atoms with van der Waals surface area (Å²) < 4.78 is 6.55. The van der Waals surface area contributed by atoms with Gasteiger partial charge in [-0.15, -0.1) is 0 Å². The number of halogens is 1. The lowest BCUT2D eigenvalue weighted by atomic mass is 9.96. The molecule has 0 aromatic heterocycles. The molecule has 1 atom stereocenters. The van der Waals surface area contributed by atoms with Crippen LogP contribution in [0.1, 0.15) is 11.1 Å². The molecule has 1 saturated heterocycles. The Labute approximate surface area is 186 Å². The summed E-state index contributed by atoms with van der Waals surface area (Å²) in [6.45, 7) is 0.662. The summed E-state index contributed by atoms with van der Waals surface area (Å²) in [6.07, 6.45) is 2.31. The largest absolute Gasteiger partial charge is 0.492 e. The molecule has 8 heteroatoms. The number of nitrogens with zero attached hydrogens (tertiary/aromatic N) is 1. The zero-order valence-corrected chi connectivity index (χ0v) is 18.4. The van der Waals surface area contributed by atoms with Crippen molar-refractivity contribution in [3.63, 3.8) is 0 Å². The first-order valence-corrected chi connectivity index (χ1v) is 11.1. The van der Waals surface area contributed by atoms with E-state index >= 15 is 0 Å². The molecule has 6 nitrogen and oxygen atoms in total. The zero-order chi connectivity index (χ0) is 21.1. The predicted octanol–water partition coefficient (Wildman–Crippen LogP) is 3.85. The number of hydrogen-bond acceptors (Lipinski definition) is 5.